The number of thiophene rings is 1. The van der Waals surface area contributed by atoms with Gasteiger partial charge in [-0.3, -0.25) is 14.9 Å². The first-order valence-corrected chi connectivity index (χ1v) is 7.01. The van der Waals surface area contributed by atoms with E-state index in [9.17, 15) is 14.9 Å². The van der Waals surface area contributed by atoms with Crippen LogP contribution in [0.15, 0.2) is 30.3 Å². The fourth-order valence-electron chi connectivity index (χ4n) is 1.47. The molecular weight excluding hydrogens is 323 g/mol. The second kappa shape index (κ2) is 6.21. The van der Waals surface area contributed by atoms with E-state index in [-0.39, 0.29) is 14.9 Å². The summed E-state index contributed by atoms with van der Waals surface area (Å²) < 4.78 is -0.00774. The van der Waals surface area contributed by atoms with E-state index in [0.717, 1.165) is 16.9 Å². The Hall–Kier alpha value is -1.63. The first-order chi connectivity index (χ1) is 9.47. The van der Waals surface area contributed by atoms with E-state index in [1.54, 1.807) is 24.3 Å². The van der Waals surface area contributed by atoms with E-state index >= 15 is 0 Å². The van der Waals surface area contributed by atoms with Gasteiger partial charge in [-0.1, -0.05) is 35.3 Å². The van der Waals surface area contributed by atoms with Crippen molar-refractivity contribution in [3.05, 3.63) is 60.2 Å². The number of nitro groups is 1. The van der Waals surface area contributed by atoms with E-state index in [1.807, 2.05) is 0 Å². The molecule has 0 atom stereocenters. The number of halogens is 2. The maximum atomic E-state index is 11.9. The van der Waals surface area contributed by atoms with Crippen molar-refractivity contribution in [3.63, 3.8) is 0 Å². The van der Waals surface area contributed by atoms with Crippen LogP contribution in [-0.4, -0.2) is 10.8 Å². The molecule has 1 aromatic heterocycles. The van der Waals surface area contributed by atoms with Crippen LogP contribution in [0.5, 0.6) is 0 Å². The number of carbonyl (C=O) groups is 1. The molecule has 104 valence electrons. The van der Waals surface area contributed by atoms with Gasteiger partial charge in [-0.2, -0.15) is 0 Å². The molecule has 2 aromatic rings. The normalized spacial score (nSPS) is 10.3. The zero-order valence-corrected chi connectivity index (χ0v) is 12.3. The Morgan fingerprint density at radius 3 is 2.50 bits per heavy atom. The van der Waals surface area contributed by atoms with Crippen LogP contribution in [0.4, 0.5) is 5.69 Å². The summed E-state index contributed by atoms with van der Waals surface area (Å²) >= 11 is 12.3. The van der Waals surface area contributed by atoms with Crippen molar-refractivity contribution < 1.29 is 9.72 Å². The molecule has 1 amide bonds. The molecule has 5 nitrogen and oxygen atoms in total. The van der Waals surface area contributed by atoms with Crippen LogP contribution in [-0.2, 0) is 6.54 Å². The number of hydrogen-bond acceptors (Lipinski definition) is 4. The Morgan fingerprint density at radius 1 is 1.30 bits per heavy atom. The lowest BCUT2D eigenvalue weighted by Crippen LogP contribution is -2.21. The minimum Gasteiger partial charge on any atom is -0.347 e. The van der Waals surface area contributed by atoms with Crippen molar-refractivity contribution in [1.29, 1.82) is 0 Å². The minimum atomic E-state index is -0.616. The van der Waals surface area contributed by atoms with Gasteiger partial charge in [-0.05, 0) is 17.7 Å². The topological polar surface area (TPSA) is 72.2 Å². The molecule has 0 spiro atoms. The molecule has 20 heavy (non-hydrogen) atoms. The monoisotopic (exact) mass is 330 g/mol. The van der Waals surface area contributed by atoms with Gasteiger partial charge < -0.3 is 5.32 Å². The smallest absolute Gasteiger partial charge is 0.299 e. The molecule has 0 aliphatic carbocycles. The fraction of sp³-hybridized carbons (Fsp3) is 0.0833. The van der Waals surface area contributed by atoms with Gasteiger partial charge in [0.25, 0.3) is 11.6 Å². The highest BCUT2D eigenvalue weighted by Gasteiger charge is 2.20. The third-order valence-corrected chi connectivity index (χ3v) is 4.04. The number of hydrogen-bond donors (Lipinski definition) is 1. The van der Waals surface area contributed by atoms with Gasteiger partial charge in [0, 0.05) is 17.6 Å². The first kappa shape index (κ1) is 14.8. The third kappa shape index (κ3) is 3.47. The molecule has 2 rings (SSSR count). The summed E-state index contributed by atoms with van der Waals surface area (Å²) in [5, 5.41) is 13.9. The number of nitrogens with one attached hydrogen (secondary N) is 1. The van der Waals surface area contributed by atoms with Crippen molar-refractivity contribution in [2.24, 2.45) is 0 Å². The Morgan fingerprint density at radius 2 is 1.95 bits per heavy atom. The molecule has 0 bridgehead atoms. The molecule has 1 heterocycles. The Kier molecular flexibility index (Phi) is 4.59. The van der Waals surface area contributed by atoms with Crippen LogP contribution in [0.2, 0.25) is 9.36 Å². The van der Waals surface area contributed by atoms with Crippen LogP contribution in [0.3, 0.4) is 0 Å². The van der Waals surface area contributed by atoms with Crippen LogP contribution in [0, 0.1) is 10.1 Å². The summed E-state index contributed by atoms with van der Waals surface area (Å²) in [7, 11) is 0. The number of amides is 1. The van der Waals surface area contributed by atoms with Gasteiger partial charge in [0.1, 0.15) is 4.88 Å². The quantitative estimate of drug-likeness (QED) is 0.682. The molecule has 0 aliphatic heterocycles. The summed E-state index contributed by atoms with van der Waals surface area (Å²) in [6, 6.07) is 8.18. The highest BCUT2D eigenvalue weighted by Crippen LogP contribution is 2.33. The molecule has 1 N–H and O–H groups in total. The Balaban J connectivity index is 2.03. The SMILES string of the molecule is O=C(NCc1ccc(Cl)cc1)c1cc([N+](=O)[O-])c(Cl)s1. The summed E-state index contributed by atoms with van der Waals surface area (Å²) in [4.78, 5) is 22.1. The summed E-state index contributed by atoms with van der Waals surface area (Å²) in [5.41, 5.74) is 0.619. The van der Waals surface area contributed by atoms with Crippen molar-refractivity contribution in [2.75, 3.05) is 0 Å². The van der Waals surface area contributed by atoms with Crippen LogP contribution in [0.25, 0.3) is 0 Å². The molecule has 0 radical (unpaired) electrons. The van der Waals surface area contributed by atoms with Crippen molar-refractivity contribution in [1.82, 2.24) is 5.32 Å². The predicted octanol–water partition coefficient (Wildman–Crippen LogP) is 3.89. The van der Waals surface area contributed by atoms with Gasteiger partial charge in [0.2, 0.25) is 0 Å². The van der Waals surface area contributed by atoms with Gasteiger partial charge in [-0.15, -0.1) is 11.3 Å². The molecule has 8 heteroatoms. The molecule has 1 aromatic carbocycles. The van der Waals surface area contributed by atoms with Crippen LogP contribution >= 0.6 is 34.5 Å². The molecule has 0 fully saturated rings. The molecule has 0 aliphatic rings. The third-order valence-electron chi connectivity index (χ3n) is 2.46. The number of benzene rings is 1. The first-order valence-electron chi connectivity index (χ1n) is 5.43. The predicted molar refractivity (Wildman–Crippen MR) is 78.6 cm³/mol. The van der Waals surface area contributed by atoms with E-state index in [4.69, 9.17) is 23.2 Å². The average Bonchev–Trinajstić information content (AvgIpc) is 2.80. The standard InChI is InChI=1S/C12H8Cl2N2O3S/c13-8-3-1-7(2-4-8)6-15-12(17)10-5-9(16(18)19)11(14)20-10/h1-5H,6H2,(H,15,17). The van der Waals surface area contributed by atoms with E-state index in [1.165, 1.54) is 6.07 Å². The molecule has 0 saturated heterocycles. The lowest BCUT2D eigenvalue weighted by molar-refractivity contribution is -0.384. The maximum absolute atomic E-state index is 11.9. The minimum absolute atomic E-state index is 0.00774. The van der Waals surface area contributed by atoms with E-state index < -0.39 is 10.8 Å². The second-order valence-electron chi connectivity index (χ2n) is 3.84. The van der Waals surface area contributed by atoms with E-state index in [2.05, 4.69) is 5.32 Å². The molecular formula is C12H8Cl2N2O3S. The average molecular weight is 331 g/mol. The Labute approximate surface area is 128 Å². The zero-order chi connectivity index (χ0) is 14.7. The van der Waals surface area contributed by atoms with Gasteiger partial charge in [0.15, 0.2) is 4.34 Å². The van der Waals surface area contributed by atoms with Gasteiger partial charge in [0.05, 0.1) is 4.92 Å². The van der Waals surface area contributed by atoms with Crippen LogP contribution in [0.1, 0.15) is 15.2 Å². The zero-order valence-electron chi connectivity index (χ0n) is 9.93. The van der Waals surface area contributed by atoms with Crippen molar-refractivity contribution >= 4 is 46.1 Å². The summed E-state index contributed by atoms with van der Waals surface area (Å²) in [5.74, 6) is -0.403. The van der Waals surface area contributed by atoms with Gasteiger partial charge >= 0.3 is 0 Å². The summed E-state index contributed by atoms with van der Waals surface area (Å²) in [6.07, 6.45) is 0. The fourth-order valence-corrected chi connectivity index (χ4v) is 2.73. The molecule has 0 unspecified atom stereocenters. The Bertz CT molecular complexity index is 655. The largest absolute Gasteiger partial charge is 0.347 e. The lowest BCUT2D eigenvalue weighted by Gasteiger charge is -2.03. The van der Waals surface area contributed by atoms with E-state index in [0.29, 0.717) is 11.6 Å². The van der Waals surface area contributed by atoms with Crippen LogP contribution < -0.4 is 5.32 Å². The number of carbonyl (C=O) groups excluding carboxylic acids is 1. The second-order valence-corrected chi connectivity index (χ2v) is 5.93. The van der Waals surface area contributed by atoms with Crippen molar-refractivity contribution in [2.45, 2.75) is 6.54 Å². The lowest BCUT2D eigenvalue weighted by atomic mass is 10.2. The van der Waals surface area contributed by atoms with Crippen molar-refractivity contribution in [3.8, 4) is 0 Å². The highest BCUT2D eigenvalue weighted by molar-refractivity contribution is 7.18. The highest BCUT2D eigenvalue weighted by atomic mass is 35.5. The maximum Gasteiger partial charge on any atom is 0.299 e. The number of rotatable bonds is 4. The van der Waals surface area contributed by atoms with Gasteiger partial charge in [-0.25, -0.2) is 0 Å². The summed E-state index contributed by atoms with van der Waals surface area (Å²) in [6.45, 7) is 0.305. The number of nitrogens with zero attached hydrogens (tertiary/aromatic N) is 1. The molecule has 0 saturated carbocycles.